The molecule has 4 aromatic rings. The topological polar surface area (TPSA) is 86.8 Å². The highest BCUT2D eigenvalue weighted by molar-refractivity contribution is 7.92. The fourth-order valence-electron chi connectivity index (χ4n) is 4.95. The number of nitrogens with zero attached hydrogens (tertiary/aromatic N) is 2. The second-order valence-electron chi connectivity index (χ2n) is 12.2. The van der Waals surface area contributed by atoms with Gasteiger partial charge in [-0.25, -0.2) is 8.42 Å². The Balaban J connectivity index is 1.82. The zero-order chi connectivity index (χ0) is 32.8. The number of carbonyl (C=O) groups excluding carboxylic acids is 2. The Kier molecular flexibility index (Phi) is 10.7. The maximum atomic E-state index is 14.6. The van der Waals surface area contributed by atoms with Gasteiger partial charge in [-0.05, 0) is 87.7 Å². The number of hydrogen-bond donors (Lipinski definition) is 1. The molecule has 1 N–H and O–H groups in total. The summed E-state index contributed by atoms with van der Waals surface area (Å²) in [6, 6.07) is 29.0. The van der Waals surface area contributed by atoms with Gasteiger partial charge in [0.15, 0.2) is 0 Å². The number of benzene rings is 4. The maximum Gasteiger partial charge on any atom is 0.264 e. The van der Waals surface area contributed by atoms with Gasteiger partial charge in [0.1, 0.15) is 12.6 Å². The largest absolute Gasteiger partial charge is 0.350 e. The molecule has 0 spiro atoms. The molecule has 0 radical (unpaired) electrons. The van der Waals surface area contributed by atoms with Gasteiger partial charge < -0.3 is 10.2 Å². The Labute approximate surface area is 271 Å². The molecule has 0 aliphatic heterocycles. The Bertz CT molecular complexity index is 1720. The van der Waals surface area contributed by atoms with Crippen LogP contribution in [0.5, 0.6) is 0 Å². The number of hydrogen-bond acceptors (Lipinski definition) is 4. The third-order valence-electron chi connectivity index (χ3n) is 7.37. The molecule has 0 heterocycles. The quantitative estimate of drug-likeness (QED) is 0.197. The van der Waals surface area contributed by atoms with Gasteiger partial charge in [0.25, 0.3) is 10.0 Å². The average molecular weight is 646 g/mol. The van der Waals surface area contributed by atoms with Crippen molar-refractivity contribution in [3.05, 3.63) is 130 Å². The summed E-state index contributed by atoms with van der Waals surface area (Å²) in [5.74, 6) is -0.846. The highest BCUT2D eigenvalue weighted by Crippen LogP contribution is 2.27. The molecule has 4 aromatic carbocycles. The monoisotopic (exact) mass is 645 g/mol. The molecular formula is C36H40ClN3O4S. The van der Waals surface area contributed by atoms with Crippen LogP contribution in [0.15, 0.2) is 108 Å². The van der Waals surface area contributed by atoms with E-state index in [0.717, 1.165) is 26.6 Å². The molecule has 1 atom stereocenters. The summed E-state index contributed by atoms with van der Waals surface area (Å²) in [6.07, 6.45) is 0.242. The molecular weight excluding hydrogens is 606 g/mol. The number of nitrogens with one attached hydrogen (secondary N) is 1. The van der Waals surface area contributed by atoms with E-state index in [1.807, 2.05) is 89.2 Å². The molecule has 0 saturated carbocycles. The lowest BCUT2D eigenvalue weighted by Crippen LogP contribution is -2.56. The van der Waals surface area contributed by atoms with Gasteiger partial charge in [0.2, 0.25) is 11.8 Å². The van der Waals surface area contributed by atoms with Crippen LogP contribution in [0.3, 0.4) is 0 Å². The van der Waals surface area contributed by atoms with Crippen LogP contribution in [0.2, 0.25) is 5.02 Å². The van der Waals surface area contributed by atoms with E-state index in [4.69, 9.17) is 11.6 Å². The van der Waals surface area contributed by atoms with Crippen molar-refractivity contribution >= 4 is 39.1 Å². The molecule has 45 heavy (non-hydrogen) atoms. The summed E-state index contributed by atoms with van der Waals surface area (Å²) < 4.78 is 29.3. The lowest BCUT2D eigenvalue weighted by molar-refractivity contribution is -0.140. The van der Waals surface area contributed by atoms with Crippen LogP contribution in [0, 0.1) is 13.8 Å². The van der Waals surface area contributed by atoms with Crippen molar-refractivity contribution in [2.24, 2.45) is 0 Å². The van der Waals surface area contributed by atoms with Crippen molar-refractivity contribution in [1.29, 1.82) is 0 Å². The summed E-state index contributed by atoms with van der Waals surface area (Å²) >= 11 is 6.14. The number of halogens is 1. The van der Waals surface area contributed by atoms with E-state index in [0.29, 0.717) is 5.02 Å². The van der Waals surface area contributed by atoms with E-state index in [1.165, 1.54) is 17.0 Å². The highest BCUT2D eigenvalue weighted by atomic mass is 35.5. The van der Waals surface area contributed by atoms with Gasteiger partial charge in [-0.1, -0.05) is 83.9 Å². The minimum absolute atomic E-state index is 0.0487. The predicted molar refractivity (Wildman–Crippen MR) is 181 cm³/mol. The Morgan fingerprint density at radius 3 is 2.02 bits per heavy atom. The normalized spacial score (nSPS) is 12.3. The van der Waals surface area contributed by atoms with Gasteiger partial charge >= 0.3 is 0 Å². The van der Waals surface area contributed by atoms with E-state index in [-0.39, 0.29) is 29.5 Å². The standard InChI is InChI=1S/C36H40ClN3O4S/c1-26-15-21-32(22-16-26)45(43,44)40(31-19-17-30(37)18-20-31)25-34(41)39(24-29-14-10-9-11-27(29)2)33(35(42)38-36(3,4)5)23-28-12-7-6-8-13-28/h6-22,33H,23-25H2,1-5H3,(H,38,42). The fraction of sp³-hybridized carbons (Fsp3) is 0.278. The van der Waals surface area contributed by atoms with Crippen molar-refractivity contribution in [3.8, 4) is 0 Å². The zero-order valence-electron chi connectivity index (χ0n) is 26.3. The lowest BCUT2D eigenvalue weighted by atomic mass is 10.00. The number of anilines is 1. The Morgan fingerprint density at radius 2 is 1.42 bits per heavy atom. The molecule has 4 rings (SSSR count). The number of carbonyl (C=O) groups is 2. The fourth-order valence-corrected chi connectivity index (χ4v) is 6.49. The molecule has 0 saturated heterocycles. The summed E-state index contributed by atoms with van der Waals surface area (Å²) in [5.41, 5.74) is 3.30. The van der Waals surface area contributed by atoms with Gasteiger partial charge in [0, 0.05) is 23.5 Å². The molecule has 0 aliphatic rings. The van der Waals surface area contributed by atoms with Crippen molar-refractivity contribution in [2.45, 2.75) is 64.1 Å². The average Bonchev–Trinajstić information content (AvgIpc) is 2.99. The van der Waals surface area contributed by atoms with Crippen molar-refractivity contribution in [3.63, 3.8) is 0 Å². The van der Waals surface area contributed by atoms with Gasteiger partial charge in [-0.3, -0.25) is 13.9 Å². The third-order valence-corrected chi connectivity index (χ3v) is 9.41. The van der Waals surface area contributed by atoms with Crippen LogP contribution >= 0.6 is 11.6 Å². The summed E-state index contributed by atoms with van der Waals surface area (Å²) in [4.78, 5) is 30.1. The summed E-state index contributed by atoms with van der Waals surface area (Å²) in [7, 11) is -4.18. The molecule has 0 fully saturated rings. The van der Waals surface area contributed by atoms with Crippen LogP contribution < -0.4 is 9.62 Å². The van der Waals surface area contributed by atoms with Crippen molar-refractivity contribution in [2.75, 3.05) is 10.8 Å². The molecule has 9 heteroatoms. The van der Waals surface area contributed by atoms with Crippen molar-refractivity contribution in [1.82, 2.24) is 10.2 Å². The number of amides is 2. The van der Waals surface area contributed by atoms with E-state index in [2.05, 4.69) is 5.32 Å². The SMILES string of the molecule is Cc1ccc(S(=O)(=O)N(CC(=O)N(Cc2ccccc2C)C(Cc2ccccc2)C(=O)NC(C)(C)C)c2ccc(Cl)cc2)cc1. The molecule has 0 aromatic heterocycles. The van der Waals surface area contributed by atoms with E-state index >= 15 is 0 Å². The van der Waals surface area contributed by atoms with E-state index in [9.17, 15) is 18.0 Å². The Morgan fingerprint density at radius 1 is 0.822 bits per heavy atom. The van der Waals surface area contributed by atoms with E-state index < -0.39 is 34.1 Å². The van der Waals surface area contributed by atoms with Gasteiger partial charge in [-0.15, -0.1) is 0 Å². The van der Waals surface area contributed by atoms with Crippen LogP contribution in [0.4, 0.5) is 5.69 Å². The molecule has 1 unspecified atom stereocenters. The first-order chi connectivity index (χ1) is 21.2. The van der Waals surface area contributed by atoms with Crippen molar-refractivity contribution < 1.29 is 18.0 Å². The smallest absolute Gasteiger partial charge is 0.264 e. The second kappa shape index (κ2) is 14.3. The minimum Gasteiger partial charge on any atom is -0.350 e. The Hall–Kier alpha value is -4.14. The first-order valence-corrected chi connectivity index (χ1v) is 16.6. The molecule has 7 nitrogen and oxygen atoms in total. The summed E-state index contributed by atoms with van der Waals surface area (Å²) in [5, 5.41) is 3.48. The molecule has 236 valence electrons. The van der Waals surface area contributed by atoms with Gasteiger partial charge in [-0.2, -0.15) is 0 Å². The molecule has 0 bridgehead atoms. The van der Waals surface area contributed by atoms with Crippen LogP contribution in [-0.4, -0.2) is 43.3 Å². The highest BCUT2D eigenvalue weighted by Gasteiger charge is 2.35. The lowest BCUT2D eigenvalue weighted by Gasteiger charge is -2.35. The van der Waals surface area contributed by atoms with E-state index in [1.54, 1.807) is 36.4 Å². The van der Waals surface area contributed by atoms with Crippen LogP contribution in [0.25, 0.3) is 0 Å². The first-order valence-electron chi connectivity index (χ1n) is 14.8. The predicted octanol–water partition coefficient (Wildman–Crippen LogP) is 6.71. The summed E-state index contributed by atoms with van der Waals surface area (Å²) in [6.45, 7) is 9.05. The van der Waals surface area contributed by atoms with Gasteiger partial charge in [0.05, 0.1) is 10.6 Å². The maximum absolute atomic E-state index is 14.6. The van der Waals surface area contributed by atoms with Crippen LogP contribution in [-0.2, 0) is 32.6 Å². The number of rotatable bonds is 11. The van der Waals surface area contributed by atoms with Crippen LogP contribution in [0.1, 0.15) is 43.0 Å². The first kappa shape index (κ1) is 33.7. The minimum atomic E-state index is -4.18. The number of sulfonamides is 1. The second-order valence-corrected chi connectivity index (χ2v) is 14.5. The zero-order valence-corrected chi connectivity index (χ0v) is 27.9. The molecule has 0 aliphatic carbocycles. The molecule has 2 amide bonds. The third kappa shape index (κ3) is 8.96. The number of aryl methyl sites for hydroxylation is 2.